The van der Waals surface area contributed by atoms with Crippen LogP contribution in [0.3, 0.4) is 0 Å². The topological polar surface area (TPSA) is 116 Å². The molecule has 1 amide bonds. The molecule has 5 aromatic rings. The Kier molecular flexibility index (Phi) is 8.52. The normalized spacial score (nSPS) is 16.8. The summed E-state index contributed by atoms with van der Waals surface area (Å²) in [6.45, 7) is 1.46. The van der Waals surface area contributed by atoms with Crippen LogP contribution in [0.1, 0.15) is 29.5 Å². The number of amides is 1. The first kappa shape index (κ1) is 28.9. The average Bonchev–Trinajstić information content (AvgIpc) is 3.50. The molecule has 1 saturated heterocycles. The van der Waals surface area contributed by atoms with Crippen LogP contribution in [-0.2, 0) is 10.3 Å². The number of ether oxygens (including phenoxy) is 1. The Morgan fingerprint density at radius 2 is 1.55 bits per heavy atom. The molecule has 9 heteroatoms. The number of rotatable bonds is 10. The third-order valence-electron chi connectivity index (χ3n) is 8.28. The minimum absolute atomic E-state index is 0.000129. The van der Waals surface area contributed by atoms with E-state index in [1.54, 1.807) is 6.33 Å². The molecule has 2 atom stereocenters. The molecule has 1 aliphatic rings. The van der Waals surface area contributed by atoms with Gasteiger partial charge in [-0.2, -0.15) is 5.26 Å². The van der Waals surface area contributed by atoms with Crippen LogP contribution in [0.4, 0.5) is 10.6 Å². The Hall–Kier alpha value is -5.20. The molecule has 44 heavy (non-hydrogen) atoms. The van der Waals surface area contributed by atoms with Crippen molar-refractivity contribution in [1.82, 2.24) is 19.4 Å². The molecule has 3 heterocycles. The zero-order valence-electron chi connectivity index (χ0n) is 24.3. The predicted molar refractivity (Wildman–Crippen MR) is 168 cm³/mol. The number of benzene rings is 3. The third kappa shape index (κ3) is 5.60. The van der Waals surface area contributed by atoms with Gasteiger partial charge in [0.05, 0.1) is 31.1 Å². The second-order valence-corrected chi connectivity index (χ2v) is 11.1. The minimum Gasteiger partial charge on any atom is -0.465 e. The zero-order valence-corrected chi connectivity index (χ0v) is 24.3. The van der Waals surface area contributed by atoms with Gasteiger partial charge in [0.1, 0.15) is 23.3 Å². The third-order valence-corrected chi connectivity index (χ3v) is 8.28. The van der Waals surface area contributed by atoms with Crippen molar-refractivity contribution in [3.63, 3.8) is 0 Å². The van der Waals surface area contributed by atoms with Gasteiger partial charge in [0.15, 0.2) is 0 Å². The number of likely N-dealkylation sites (tertiary alicyclic amines) is 1. The molecule has 0 spiro atoms. The highest BCUT2D eigenvalue weighted by molar-refractivity contribution is 5.88. The summed E-state index contributed by atoms with van der Waals surface area (Å²) in [5, 5.41) is 23.0. The van der Waals surface area contributed by atoms with Gasteiger partial charge in [-0.25, -0.2) is 14.8 Å². The quantitative estimate of drug-likeness (QED) is 0.153. The van der Waals surface area contributed by atoms with E-state index in [4.69, 9.17) is 15.0 Å². The minimum atomic E-state index is -0.962. The Morgan fingerprint density at radius 1 is 0.932 bits per heavy atom. The zero-order chi connectivity index (χ0) is 30.4. The molecule has 222 valence electrons. The summed E-state index contributed by atoms with van der Waals surface area (Å²) in [6, 6.07) is 35.2. The highest BCUT2D eigenvalue weighted by Crippen LogP contribution is 2.43. The van der Waals surface area contributed by atoms with E-state index in [-0.39, 0.29) is 12.0 Å². The number of nitrogens with zero attached hydrogens (tertiary/aromatic N) is 5. The first-order chi connectivity index (χ1) is 21.6. The summed E-state index contributed by atoms with van der Waals surface area (Å²) >= 11 is 0. The van der Waals surface area contributed by atoms with Gasteiger partial charge in [0, 0.05) is 31.2 Å². The summed E-state index contributed by atoms with van der Waals surface area (Å²) in [5.41, 5.74) is 3.29. The SMILES string of the molecule is N#CCCOC[C@@H]1C[C@H](Nc2ncnc3c2ccn3C(c2ccccc2)(c2ccccc2)c2ccccc2)CN(C(=O)O)C1. The molecule has 3 aromatic carbocycles. The van der Waals surface area contributed by atoms with Crippen molar-refractivity contribution in [3.8, 4) is 6.07 Å². The van der Waals surface area contributed by atoms with Gasteiger partial charge >= 0.3 is 6.09 Å². The second-order valence-electron chi connectivity index (χ2n) is 11.1. The van der Waals surface area contributed by atoms with E-state index in [0.29, 0.717) is 45.0 Å². The number of fused-ring (bicyclic) bond motifs is 1. The Balaban J connectivity index is 1.42. The van der Waals surface area contributed by atoms with Gasteiger partial charge in [-0.3, -0.25) is 0 Å². The van der Waals surface area contributed by atoms with Crippen LogP contribution in [0.15, 0.2) is 110 Å². The molecule has 0 bridgehead atoms. The van der Waals surface area contributed by atoms with Crippen molar-refractivity contribution in [2.45, 2.75) is 24.4 Å². The van der Waals surface area contributed by atoms with E-state index < -0.39 is 11.6 Å². The molecule has 1 fully saturated rings. The van der Waals surface area contributed by atoms with Crippen molar-refractivity contribution in [3.05, 3.63) is 126 Å². The Morgan fingerprint density at radius 3 is 2.11 bits per heavy atom. The van der Waals surface area contributed by atoms with Gasteiger partial charge in [0.2, 0.25) is 0 Å². The fourth-order valence-corrected chi connectivity index (χ4v) is 6.44. The van der Waals surface area contributed by atoms with Crippen molar-refractivity contribution in [1.29, 1.82) is 5.26 Å². The van der Waals surface area contributed by atoms with Crippen LogP contribution >= 0.6 is 0 Å². The van der Waals surface area contributed by atoms with Crippen LogP contribution in [0.2, 0.25) is 0 Å². The summed E-state index contributed by atoms with van der Waals surface area (Å²) in [6.07, 6.45) is 3.69. The number of hydrogen-bond acceptors (Lipinski definition) is 6. The van der Waals surface area contributed by atoms with E-state index in [2.05, 4.69) is 99.9 Å². The van der Waals surface area contributed by atoms with Crippen LogP contribution in [0.5, 0.6) is 0 Å². The van der Waals surface area contributed by atoms with E-state index in [1.165, 1.54) is 4.90 Å². The Bertz CT molecular complexity index is 1640. The fraction of sp³-hybridized carbons (Fsp3) is 0.257. The summed E-state index contributed by atoms with van der Waals surface area (Å²) in [4.78, 5) is 22.9. The van der Waals surface area contributed by atoms with Crippen LogP contribution in [-0.4, -0.2) is 63.0 Å². The Labute approximate surface area is 256 Å². The standard InChI is InChI=1S/C35H34N6O3/c36-18-10-20-44-24-26-21-30(23-40(22-26)34(42)43)39-32-31-17-19-41(33(31)38-25-37-32)35(27-11-4-1-5-12-27,28-13-6-2-7-14-28)29-15-8-3-9-16-29/h1-9,11-17,19,25-26,30H,10,20-24H2,(H,42,43)(H,37,38,39)/t26-,30+/m1/s1. The largest absolute Gasteiger partial charge is 0.465 e. The van der Waals surface area contributed by atoms with Gasteiger partial charge in [-0.05, 0) is 29.2 Å². The number of carbonyl (C=O) groups is 1. The van der Waals surface area contributed by atoms with Gasteiger partial charge in [-0.15, -0.1) is 0 Å². The number of nitrogens with one attached hydrogen (secondary N) is 1. The fourth-order valence-electron chi connectivity index (χ4n) is 6.44. The second kappa shape index (κ2) is 13.0. The van der Waals surface area contributed by atoms with Gasteiger partial charge in [-0.1, -0.05) is 91.0 Å². The number of piperidine rings is 1. The van der Waals surface area contributed by atoms with Gasteiger partial charge in [0.25, 0.3) is 0 Å². The molecule has 0 aliphatic carbocycles. The monoisotopic (exact) mass is 586 g/mol. The van der Waals surface area contributed by atoms with Crippen molar-refractivity contribution in [2.75, 3.05) is 31.6 Å². The molecule has 0 saturated carbocycles. The summed E-state index contributed by atoms with van der Waals surface area (Å²) in [7, 11) is 0. The summed E-state index contributed by atoms with van der Waals surface area (Å²) < 4.78 is 7.89. The van der Waals surface area contributed by atoms with Crippen LogP contribution in [0, 0.1) is 17.2 Å². The predicted octanol–water partition coefficient (Wildman–Crippen LogP) is 5.98. The molecule has 2 N–H and O–H groups in total. The molecule has 1 aliphatic heterocycles. The van der Waals surface area contributed by atoms with Crippen LogP contribution < -0.4 is 5.32 Å². The first-order valence-electron chi connectivity index (χ1n) is 14.8. The molecule has 0 radical (unpaired) electrons. The molecule has 6 rings (SSSR count). The highest BCUT2D eigenvalue weighted by atomic mass is 16.5. The first-order valence-corrected chi connectivity index (χ1v) is 14.8. The van der Waals surface area contributed by atoms with Crippen molar-refractivity contribution < 1.29 is 14.6 Å². The molecular formula is C35H34N6O3. The van der Waals surface area contributed by atoms with E-state index in [0.717, 1.165) is 27.7 Å². The number of anilines is 1. The lowest BCUT2D eigenvalue weighted by Crippen LogP contribution is -2.49. The number of nitriles is 1. The maximum Gasteiger partial charge on any atom is 0.407 e. The van der Waals surface area contributed by atoms with Gasteiger partial charge < -0.3 is 24.6 Å². The average molecular weight is 587 g/mol. The van der Waals surface area contributed by atoms with Crippen LogP contribution in [0.25, 0.3) is 11.0 Å². The number of aromatic nitrogens is 3. The molecule has 0 unspecified atom stereocenters. The lowest BCUT2D eigenvalue weighted by Gasteiger charge is -2.38. The molecular weight excluding hydrogens is 552 g/mol. The van der Waals surface area contributed by atoms with Crippen molar-refractivity contribution >= 4 is 22.9 Å². The maximum absolute atomic E-state index is 12.0. The lowest BCUT2D eigenvalue weighted by molar-refractivity contribution is 0.0581. The smallest absolute Gasteiger partial charge is 0.407 e. The van der Waals surface area contributed by atoms with E-state index in [9.17, 15) is 9.90 Å². The van der Waals surface area contributed by atoms with Crippen molar-refractivity contribution in [2.24, 2.45) is 5.92 Å². The lowest BCUT2D eigenvalue weighted by atomic mass is 9.76. The molecule has 2 aromatic heterocycles. The maximum atomic E-state index is 12.0. The highest BCUT2D eigenvalue weighted by Gasteiger charge is 2.39. The van der Waals surface area contributed by atoms with E-state index >= 15 is 0 Å². The number of hydrogen-bond donors (Lipinski definition) is 2. The van der Waals surface area contributed by atoms with E-state index in [1.807, 2.05) is 24.3 Å². The number of carboxylic acid groups (broad SMARTS) is 1. The molecule has 9 nitrogen and oxygen atoms in total. The summed E-state index contributed by atoms with van der Waals surface area (Å²) in [5.74, 6) is 0.651.